The Hall–Kier alpha value is -0.790. The molecule has 1 N–H and O–H groups in total. The van der Waals surface area contributed by atoms with Crippen LogP contribution in [-0.4, -0.2) is 4.98 Å². The van der Waals surface area contributed by atoms with E-state index in [-0.39, 0.29) is 7.43 Å². The van der Waals surface area contributed by atoms with Crippen LogP contribution in [-0.2, 0) is 7.05 Å². The first-order chi connectivity index (χ1) is 2.89. The Labute approximate surface area is 43.8 Å². The molecule has 0 fully saturated rings. The molecule has 1 rings (SSSR count). The van der Waals surface area contributed by atoms with E-state index in [0.717, 1.165) is 0 Å². The Morgan fingerprint density at radius 1 is 1.57 bits per heavy atom. The summed E-state index contributed by atoms with van der Waals surface area (Å²) in [5, 5.41) is 0. The van der Waals surface area contributed by atoms with Crippen molar-refractivity contribution in [2.75, 3.05) is 0 Å². The molecule has 0 saturated carbocycles. The summed E-state index contributed by atoms with van der Waals surface area (Å²) in [6.07, 6.45) is 5.69. The van der Waals surface area contributed by atoms with E-state index in [1.807, 2.05) is 30.3 Å². The standard InChI is InChI=1S/C4H6N2.CH3/c1-6-3-2-5-4-6;/h2-4H,1H3;1H3/q;-1/p+1. The number of H-pyrrole nitrogens is 1. The molecule has 2 heteroatoms. The van der Waals surface area contributed by atoms with Crippen LogP contribution in [0.4, 0.5) is 0 Å². The van der Waals surface area contributed by atoms with E-state index in [4.69, 9.17) is 0 Å². The average Bonchev–Trinajstić information content (AvgIpc) is 1.86. The van der Waals surface area contributed by atoms with Crippen molar-refractivity contribution in [3.63, 3.8) is 0 Å². The summed E-state index contributed by atoms with van der Waals surface area (Å²) in [6, 6.07) is 0. The Morgan fingerprint density at radius 2 is 2.29 bits per heavy atom. The van der Waals surface area contributed by atoms with E-state index in [2.05, 4.69) is 4.98 Å². The Morgan fingerprint density at radius 3 is 2.43 bits per heavy atom. The first-order valence-corrected chi connectivity index (χ1v) is 1.87. The summed E-state index contributed by atoms with van der Waals surface area (Å²) in [5.74, 6) is 0. The van der Waals surface area contributed by atoms with Gasteiger partial charge in [-0.05, 0) is 0 Å². The lowest BCUT2D eigenvalue weighted by atomic mass is 10.9. The zero-order chi connectivity index (χ0) is 4.41. The molecule has 0 aliphatic heterocycles. The SMILES string of the molecule is C[n+]1cc[nH]c1.[CH3-]. The number of nitrogens with one attached hydrogen (secondary N) is 1. The van der Waals surface area contributed by atoms with Crippen LogP contribution in [0.5, 0.6) is 0 Å². The number of aryl methyl sites for hydroxylation is 1. The second kappa shape index (κ2) is 2.39. The lowest BCUT2D eigenvalue weighted by molar-refractivity contribution is -0.670. The number of aromatic amines is 1. The number of rotatable bonds is 0. The molecule has 0 aliphatic rings. The second-order valence-electron chi connectivity index (χ2n) is 1.28. The van der Waals surface area contributed by atoms with Crippen LogP contribution >= 0.6 is 0 Å². The molecule has 0 amide bonds. The predicted octanol–water partition coefficient (Wildman–Crippen LogP) is 0.289. The molecule has 40 valence electrons. The van der Waals surface area contributed by atoms with Crippen LogP contribution in [0.3, 0.4) is 0 Å². The number of hydrogen-bond acceptors (Lipinski definition) is 0. The fourth-order valence-corrected chi connectivity index (χ4v) is 0.364. The first-order valence-electron chi connectivity index (χ1n) is 1.87. The highest BCUT2D eigenvalue weighted by molar-refractivity contribution is 4.54. The summed E-state index contributed by atoms with van der Waals surface area (Å²) >= 11 is 0. The van der Waals surface area contributed by atoms with Gasteiger partial charge in [-0.15, -0.1) is 0 Å². The van der Waals surface area contributed by atoms with Crippen molar-refractivity contribution in [2.24, 2.45) is 7.05 Å². The van der Waals surface area contributed by atoms with Crippen molar-refractivity contribution in [2.45, 2.75) is 0 Å². The third-order valence-electron chi connectivity index (χ3n) is 0.684. The van der Waals surface area contributed by atoms with Crippen molar-refractivity contribution in [3.05, 3.63) is 26.1 Å². The maximum Gasteiger partial charge on any atom is 0.241 e. The highest BCUT2D eigenvalue weighted by Crippen LogP contribution is 1.59. The van der Waals surface area contributed by atoms with Crippen LogP contribution in [0.2, 0.25) is 0 Å². The monoisotopic (exact) mass is 98.1 g/mol. The number of imidazole rings is 1. The molecule has 0 bridgehead atoms. The molecule has 7 heavy (non-hydrogen) atoms. The normalized spacial score (nSPS) is 7.57. The van der Waals surface area contributed by atoms with Crippen LogP contribution in [0, 0.1) is 7.43 Å². The van der Waals surface area contributed by atoms with Gasteiger partial charge in [0, 0.05) is 0 Å². The van der Waals surface area contributed by atoms with Crippen LogP contribution in [0.25, 0.3) is 0 Å². The molecule has 0 aliphatic carbocycles. The molecule has 0 radical (unpaired) electrons. The maximum absolute atomic E-state index is 2.89. The van der Waals surface area contributed by atoms with Crippen molar-refractivity contribution in [1.29, 1.82) is 0 Å². The van der Waals surface area contributed by atoms with E-state index in [0.29, 0.717) is 0 Å². The lowest BCUT2D eigenvalue weighted by Gasteiger charge is -1.66. The van der Waals surface area contributed by atoms with Gasteiger partial charge in [-0.3, -0.25) is 4.98 Å². The molecule has 0 spiro atoms. The number of nitrogens with zero attached hydrogens (tertiary/aromatic N) is 1. The van der Waals surface area contributed by atoms with Gasteiger partial charge in [-0.2, -0.15) is 0 Å². The van der Waals surface area contributed by atoms with E-state index in [1.54, 1.807) is 0 Å². The third-order valence-corrected chi connectivity index (χ3v) is 0.684. The number of hydrogen-bond donors (Lipinski definition) is 1. The third kappa shape index (κ3) is 1.39. The molecule has 0 saturated heterocycles. The van der Waals surface area contributed by atoms with Gasteiger partial charge in [-0.1, -0.05) is 0 Å². The predicted molar refractivity (Wildman–Crippen MR) is 28.4 cm³/mol. The highest BCUT2D eigenvalue weighted by atomic mass is 15.0. The summed E-state index contributed by atoms with van der Waals surface area (Å²) in [7, 11) is 1.97. The Kier molecular flexibility index (Phi) is 2.12. The van der Waals surface area contributed by atoms with E-state index >= 15 is 0 Å². The maximum atomic E-state index is 2.89. The van der Waals surface area contributed by atoms with Gasteiger partial charge >= 0.3 is 0 Å². The van der Waals surface area contributed by atoms with Crippen molar-refractivity contribution >= 4 is 0 Å². The minimum atomic E-state index is 0. The zero-order valence-electron chi connectivity index (χ0n) is 4.68. The Bertz CT molecular complexity index is 110. The molecule has 1 aromatic heterocycles. The van der Waals surface area contributed by atoms with Crippen molar-refractivity contribution in [1.82, 2.24) is 4.98 Å². The fourth-order valence-electron chi connectivity index (χ4n) is 0.364. The van der Waals surface area contributed by atoms with Crippen LogP contribution in [0.1, 0.15) is 0 Å². The molecular formula is C5H10N2. The van der Waals surface area contributed by atoms with Gasteiger partial charge in [-0.25, -0.2) is 4.57 Å². The van der Waals surface area contributed by atoms with Crippen LogP contribution < -0.4 is 4.57 Å². The van der Waals surface area contributed by atoms with Gasteiger partial charge in [0.25, 0.3) is 0 Å². The summed E-state index contributed by atoms with van der Waals surface area (Å²) in [6.45, 7) is 0. The Balaban J connectivity index is 0.000000360. The fraction of sp³-hybridized carbons (Fsp3) is 0.200. The van der Waals surface area contributed by atoms with Gasteiger partial charge in [0.05, 0.1) is 7.05 Å². The zero-order valence-corrected chi connectivity index (χ0v) is 4.68. The van der Waals surface area contributed by atoms with E-state index in [1.165, 1.54) is 0 Å². The molecular weight excluding hydrogens is 88.1 g/mol. The van der Waals surface area contributed by atoms with Gasteiger partial charge in [0.15, 0.2) is 0 Å². The van der Waals surface area contributed by atoms with Gasteiger partial charge < -0.3 is 7.43 Å². The highest BCUT2D eigenvalue weighted by Gasteiger charge is 1.78. The van der Waals surface area contributed by atoms with Crippen molar-refractivity contribution < 1.29 is 4.57 Å². The minimum absolute atomic E-state index is 0. The molecule has 0 aromatic carbocycles. The van der Waals surface area contributed by atoms with Crippen LogP contribution in [0.15, 0.2) is 18.7 Å². The summed E-state index contributed by atoms with van der Waals surface area (Å²) in [4.78, 5) is 2.89. The molecule has 1 aromatic rings. The largest absolute Gasteiger partial charge is 0.358 e. The van der Waals surface area contributed by atoms with E-state index in [9.17, 15) is 0 Å². The van der Waals surface area contributed by atoms with E-state index < -0.39 is 0 Å². The smallest absolute Gasteiger partial charge is 0.241 e. The minimum Gasteiger partial charge on any atom is -0.358 e. The molecule has 0 unspecified atom stereocenters. The van der Waals surface area contributed by atoms with Gasteiger partial charge in [0.1, 0.15) is 12.4 Å². The lowest BCUT2D eigenvalue weighted by Crippen LogP contribution is -2.22. The summed E-state index contributed by atoms with van der Waals surface area (Å²) in [5.41, 5.74) is 0. The average molecular weight is 98.1 g/mol. The topological polar surface area (TPSA) is 19.7 Å². The van der Waals surface area contributed by atoms with Gasteiger partial charge in [0.2, 0.25) is 6.33 Å². The van der Waals surface area contributed by atoms with Crippen molar-refractivity contribution in [3.8, 4) is 0 Å². The molecule has 2 nitrogen and oxygen atoms in total. The molecule has 1 heterocycles. The summed E-state index contributed by atoms with van der Waals surface area (Å²) < 4.78 is 1.94. The second-order valence-corrected chi connectivity index (χ2v) is 1.28. The number of aromatic nitrogens is 2. The quantitative estimate of drug-likeness (QED) is 0.355. The first kappa shape index (κ1) is 6.21. The molecule has 0 atom stereocenters.